The van der Waals surface area contributed by atoms with Crippen LogP contribution in [-0.4, -0.2) is 9.97 Å². The van der Waals surface area contributed by atoms with Gasteiger partial charge < -0.3 is 16.0 Å². The average molecular weight is 309 g/mol. The van der Waals surface area contributed by atoms with E-state index in [0.29, 0.717) is 16.0 Å². The Hall–Kier alpha value is -1.82. The minimum absolute atomic E-state index is 0.000833. The number of H-pyrrole nitrogens is 1. The standard InChI is InChI=1S/C12H13BrN4O/c1-7(8-3-2-4-9(14)5-8)17-11-10(13)12(18)16-6-15-11/h2-7H,14H2,1H3,(H2,15,16,17,18). The van der Waals surface area contributed by atoms with Crippen LogP contribution in [0.3, 0.4) is 0 Å². The Morgan fingerprint density at radius 2 is 2.28 bits per heavy atom. The number of hydrogen-bond donors (Lipinski definition) is 3. The highest BCUT2D eigenvalue weighted by Gasteiger charge is 2.10. The molecule has 0 saturated carbocycles. The minimum Gasteiger partial charge on any atom is -0.399 e. The van der Waals surface area contributed by atoms with Crippen molar-refractivity contribution in [2.75, 3.05) is 11.1 Å². The number of nitrogens with zero attached hydrogens (tertiary/aromatic N) is 1. The summed E-state index contributed by atoms with van der Waals surface area (Å²) in [5.74, 6) is 0.508. The number of hydrogen-bond acceptors (Lipinski definition) is 4. The molecule has 5 nitrogen and oxygen atoms in total. The van der Waals surface area contributed by atoms with Crippen LogP contribution in [0.25, 0.3) is 0 Å². The Balaban J connectivity index is 2.24. The second kappa shape index (κ2) is 5.22. The summed E-state index contributed by atoms with van der Waals surface area (Å²) in [5, 5.41) is 3.16. The summed E-state index contributed by atoms with van der Waals surface area (Å²) >= 11 is 3.20. The number of rotatable bonds is 3. The van der Waals surface area contributed by atoms with Gasteiger partial charge in [-0.25, -0.2) is 4.98 Å². The van der Waals surface area contributed by atoms with Gasteiger partial charge in [-0.1, -0.05) is 12.1 Å². The molecular weight excluding hydrogens is 296 g/mol. The number of nitrogens with one attached hydrogen (secondary N) is 2. The molecule has 2 rings (SSSR count). The second-order valence-corrected chi connectivity index (χ2v) is 4.72. The van der Waals surface area contributed by atoms with Crippen molar-refractivity contribution in [3.63, 3.8) is 0 Å². The summed E-state index contributed by atoms with van der Waals surface area (Å²) < 4.78 is 0.390. The third kappa shape index (κ3) is 2.70. The van der Waals surface area contributed by atoms with Crippen molar-refractivity contribution >= 4 is 27.4 Å². The quantitative estimate of drug-likeness (QED) is 0.760. The highest BCUT2D eigenvalue weighted by atomic mass is 79.9. The minimum atomic E-state index is -0.215. The fourth-order valence-corrected chi connectivity index (χ4v) is 1.93. The van der Waals surface area contributed by atoms with E-state index < -0.39 is 0 Å². The van der Waals surface area contributed by atoms with E-state index >= 15 is 0 Å². The zero-order valence-corrected chi connectivity index (χ0v) is 11.4. The van der Waals surface area contributed by atoms with Crippen LogP contribution in [0.5, 0.6) is 0 Å². The third-order valence-electron chi connectivity index (χ3n) is 2.56. The normalized spacial score (nSPS) is 12.1. The maximum atomic E-state index is 11.4. The van der Waals surface area contributed by atoms with Crippen LogP contribution in [-0.2, 0) is 0 Å². The van der Waals surface area contributed by atoms with Crippen LogP contribution >= 0.6 is 15.9 Å². The van der Waals surface area contributed by atoms with Crippen LogP contribution in [0.15, 0.2) is 39.9 Å². The molecule has 0 radical (unpaired) electrons. The first-order valence-corrected chi connectivity index (χ1v) is 6.22. The lowest BCUT2D eigenvalue weighted by Gasteiger charge is -2.15. The fourth-order valence-electron chi connectivity index (χ4n) is 1.60. The van der Waals surface area contributed by atoms with Crippen LogP contribution in [0.2, 0.25) is 0 Å². The molecule has 1 aromatic carbocycles. The van der Waals surface area contributed by atoms with Crippen molar-refractivity contribution < 1.29 is 0 Å². The van der Waals surface area contributed by atoms with E-state index in [1.54, 1.807) is 0 Å². The summed E-state index contributed by atoms with van der Waals surface area (Å²) in [6, 6.07) is 7.58. The van der Waals surface area contributed by atoms with Gasteiger partial charge in [-0.3, -0.25) is 4.79 Å². The monoisotopic (exact) mass is 308 g/mol. The molecule has 0 saturated heterocycles. The molecule has 2 aromatic rings. The van der Waals surface area contributed by atoms with Gasteiger partial charge in [-0.2, -0.15) is 0 Å². The highest BCUT2D eigenvalue weighted by Crippen LogP contribution is 2.22. The Bertz CT molecular complexity index is 611. The second-order valence-electron chi connectivity index (χ2n) is 3.93. The fraction of sp³-hybridized carbons (Fsp3) is 0.167. The average Bonchev–Trinajstić information content (AvgIpc) is 2.35. The van der Waals surface area contributed by atoms with Crippen LogP contribution in [0.4, 0.5) is 11.5 Å². The Kier molecular flexibility index (Phi) is 3.66. The Labute approximate surface area is 113 Å². The summed E-state index contributed by atoms with van der Waals surface area (Å²) in [6.45, 7) is 1.98. The van der Waals surface area contributed by atoms with Crippen molar-refractivity contribution in [1.29, 1.82) is 0 Å². The molecule has 1 atom stereocenters. The topological polar surface area (TPSA) is 83.8 Å². The smallest absolute Gasteiger partial charge is 0.267 e. The predicted octanol–water partition coefficient (Wildman–Crippen LogP) is 2.29. The number of halogens is 1. The van der Waals surface area contributed by atoms with Crippen molar-refractivity contribution in [1.82, 2.24) is 9.97 Å². The lowest BCUT2D eigenvalue weighted by molar-refractivity contribution is 0.868. The Morgan fingerprint density at radius 3 is 3.00 bits per heavy atom. The van der Waals surface area contributed by atoms with Gasteiger partial charge in [-0.05, 0) is 40.5 Å². The molecule has 18 heavy (non-hydrogen) atoms. The lowest BCUT2D eigenvalue weighted by atomic mass is 10.1. The third-order valence-corrected chi connectivity index (χ3v) is 3.30. The molecule has 0 aliphatic heterocycles. The first-order valence-electron chi connectivity index (χ1n) is 5.43. The number of aromatic amines is 1. The molecule has 0 spiro atoms. The molecule has 0 aliphatic rings. The first-order chi connectivity index (χ1) is 8.58. The SMILES string of the molecule is CC(Nc1nc[nH]c(=O)c1Br)c1cccc(N)c1. The van der Waals surface area contributed by atoms with Gasteiger partial charge in [-0.15, -0.1) is 0 Å². The Morgan fingerprint density at radius 1 is 1.50 bits per heavy atom. The maximum absolute atomic E-state index is 11.4. The van der Waals surface area contributed by atoms with Crippen molar-refractivity contribution in [3.8, 4) is 0 Å². The van der Waals surface area contributed by atoms with Gasteiger partial charge in [0.25, 0.3) is 5.56 Å². The summed E-state index contributed by atoms with van der Waals surface area (Å²) in [6.07, 6.45) is 1.36. The van der Waals surface area contributed by atoms with Gasteiger partial charge in [0.05, 0.1) is 12.4 Å². The van der Waals surface area contributed by atoms with E-state index in [1.165, 1.54) is 6.33 Å². The molecule has 0 amide bonds. The van der Waals surface area contributed by atoms with Crippen LogP contribution in [0, 0.1) is 0 Å². The molecule has 1 unspecified atom stereocenters. The van der Waals surface area contributed by atoms with E-state index in [-0.39, 0.29) is 11.6 Å². The zero-order valence-electron chi connectivity index (χ0n) is 9.77. The number of benzene rings is 1. The number of aromatic nitrogens is 2. The maximum Gasteiger partial charge on any atom is 0.267 e. The van der Waals surface area contributed by atoms with Gasteiger partial charge in [0, 0.05) is 5.69 Å². The molecule has 1 heterocycles. The molecular formula is C12H13BrN4O. The number of nitrogen functional groups attached to an aromatic ring is 1. The first kappa shape index (κ1) is 12.6. The van der Waals surface area contributed by atoms with Crippen molar-refractivity contribution in [3.05, 3.63) is 51.0 Å². The molecule has 0 bridgehead atoms. The van der Waals surface area contributed by atoms with Crippen molar-refractivity contribution in [2.24, 2.45) is 0 Å². The molecule has 0 aliphatic carbocycles. The van der Waals surface area contributed by atoms with Crippen LogP contribution < -0.4 is 16.6 Å². The van der Waals surface area contributed by atoms with Gasteiger partial charge >= 0.3 is 0 Å². The zero-order chi connectivity index (χ0) is 13.1. The summed E-state index contributed by atoms with van der Waals surface area (Å²) in [7, 11) is 0. The van der Waals surface area contributed by atoms with E-state index in [1.807, 2.05) is 31.2 Å². The van der Waals surface area contributed by atoms with Gasteiger partial charge in [0.15, 0.2) is 0 Å². The summed E-state index contributed by atoms with van der Waals surface area (Å²) in [5.41, 5.74) is 7.26. The van der Waals surface area contributed by atoms with Gasteiger partial charge in [0.2, 0.25) is 0 Å². The predicted molar refractivity (Wildman–Crippen MR) is 75.4 cm³/mol. The van der Waals surface area contributed by atoms with Crippen molar-refractivity contribution in [2.45, 2.75) is 13.0 Å². The highest BCUT2D eigenvalue weighted by molar-refractivity contribution is 9.10. The number of nitrogens with two attached hydrogens (primary N) is 1. The van der Waals surface area contributed by atoms with E-state index in [2.05, 4.69) is 31.2 Å². The molecule has 1 aromatic heterocycles. The summed E-state index contributed by atoms with van der Waals surface area (Å²) in [4.78, 5) is 18.0. The molecule has 4 N–H and O–H groups in total. The van der Waals surface area contributed by atoms with Gasteiger partial charge in [0.1, 0.15) is 10.3 Å². The largest absolute Gasteiger partial charge is 0.399 e. The lowest BCUT2D eigenvalue weighted by Crippen LogP contribution is -2.14. The van der Waals surface area contributed by atoms with E-state index in [0.717, 1.165) is 5.56 Å². The molecule has 6 heteroatoms. The van der Waals surface area contributed by atoms with Crippen LogP contribution in [0.1, 0.15) is 18.5 Å². The number of anilines is 2. The molecule has 94 valence electrons. The van der Waals surface area contributed by atoms with E-state index in [4.69, 9.17) is 5.73 Å². The van der Waals surface area contributed by atoms with E-state index in [9.17, 15) is 4.79 Å². The molecule has 0 fully saturated rings.